The normalized spacial score (nSPS) is 9.71. The highest BCUT2D eigenvalue weighted by molar-refractivity contribution is 5.52. The summed E-state index contributed by atoms with van der Waals surface area (Å²) in [4.78, 5) is 20.1. The van der Waals surface area contributed by atoms with E-state index in [0.717, 1.165) is 0 Å². The molecule has 1 aromatic carbocycles. The van der Waals surface area contributed by atoms with Crippen LogP contribution in [0.5, 0.6) is 5.75 Å². The molecule has 1 aromatic rings. The zero-order chi connectivity index (χ0) is 10.6. The molecule has 0 aromatic heterocycles. The fourth-order valence-corrected chi connectivity index (χ4v) is 1.16. The van der Waals surface area contributed by atoms with Crippen molar-refractivity contribution in [1.29, 1.82) is 0 Å². The highest BCUT2D eigenvalue weighted by atomic mass is 16.6. The highest BCUT2D eigenvalue weighted by Crippen LogP contribution is 2.23. The van der Waals surface area contributed by atoms with E-state index in [9.17, 15) is 14.9 Å². The second-order valence-corrected chi connectivity index (χ2v) is 2.78. The number of aldehydes is 1. The molecule has 1 rings (SSSR count). The van der Waals surface area contributed by atoms with Gasteiger partial charge in [0.1, 0.15) is 12.0 Å². The van der Waals surface area contributed by atoms with Crippen molar-refractivity contribution in [2.45, 2.75) is 12.8 Å². The molecule has 0 aliphatic rings. The zero-order valence-corrected chi connectivity index (χ0v) is 7.34. The Morgan fingerprint density at radius 2 is 2.21 bits per heavy atom. The maximum absolute atomic E-state index is 10.5. The minimum Gasteiger partial charge on any atom is -0.508 e. The minimum atomic E-state index is -0.528. The van der Waals surface area contributed by atoms with E-state index in [4.69, 9.17) is 5.11 Å². The number of carbonyl (C=O) groups is 1. The lowest BCUT2D eigenvalue weighted by atomic mass is 10.1. The largest absolute Gasteiger partial charge is 0.508 e. The van der Waals surface area contributed by atoms with Crippen molar-refractivity contribution in [1.82, 2.24) is 0 Å². The second kappa shape index (κ2) is 4.36. The number of carbonyl (C=O) groups excluding carboxylic acids is 1. The van der Waals surface area contributed by atoms with Crippen LogP contribution in [-0.2, 0) is 11.2 Å². The van der Waals surface area contributed by atoms with Gasteiger partial charge in [0.05, 0.1) is 4.92 Å². The van der Waals surface area contributed by atoms with Crippen molar-refractivity contribution in [2.24, 2.45) is 0 Å². The van der Waals surface area contributed by atoms with Gasteiger partial charge < -0.3 is 9.90 Å². The number of phenols is 1. The molecule has 0 atom stereocenters. The molecule has 0 heterocycles. The molecule has 0 aliphatic carbocycles. The van der Waals surface area contributed by atoms with E-state index >= 15 is 0 Å². The molecule has 74 valence electrons. The number of rotatable bonds is 4. The number of phenolic OH excluding ortho intramolecular Hbond substituents is 1. The van der Waals surface area contributed by atoms with E-state index in [0.29, 0.717) is 11.8 Å². The van der Waals surface area contributed by atoms with Crippen molar-refractivity contribution in [3.63, 3.8) is 0 Å². The third kappa shape index (κ3) is 2.29. The highest BCUT2D eigenvalue weighted by Gasteiger charge is 2.13. The van der Waals surface area contributed by atoms with Crippen molar-refractivity contribution in [2.75, 3.05) is 0 Å². The van der Waals surface area contributed by atoms with Gasteiger partial charge in [-0.3, -0.25) is 10.1 Å². The maximum atomic E-state index is 10.5. The average Bonchev–Trinajstić information content (AvgIpc) is 2.14. The van der Waals surface area contributed by atoms with E-state index < -0.39 is 4.92 Å². The van der Waals surface area contributed by atoms with Crippen LogP contribution in [0.3, 0.4) is 0 Å². The smallest absolute Gasteiger partial charge is 0.272 e. The van der Waals surface area contributed by atoms with Crippen LogP contribution in [0.15, 0.2) is 18.2 Å². The third-order valence-electron chi connectivity index (χ3n) is 1.79. The quantitative estimate of drug-likeness (QED) is 0.447. The van der Waals surface area contributed by atoms with Gasteiger partial charge in [-0.05, 0) is 18.6 Å². The number of hydrogen-bond acceptors (Lipinski definition) is 4. The molecule has 1 N–H and O–H groups in total. The monoisotopic (exact) mass is 195 g/mol. The molecule has 0 aliphatic heterocycles. The predicted molar refractivity (Wildman–Crippen MR) is 49.1 cm³/mol. The second-order valence-electron chi connectivity index (χ2n) is 2.78. The Morgan fingerprint density at radius 3 is 2.79 bits per heavy atom. The Morgan fingerprint density at radius 1 is 1.50 bits per heavy atom. The minimum absolute atomic E-state index is 0.0310. The first-order valence-corrected chi connectivity index (χ1v) is 4.05. The molecule has 5 nitrogen and oxygen atoms in total. The van der Waals surface area contributed by atoms with Gasteiger partial charge in [0.15, 0.2) is 0 Å². The summed E-state index contributed by atoms with van der Waals surface area (Å²) in [5.74, 6) is -0.0310. The van der Waals surface area contributed by atoms with E-state index in [-0.39, 0.29) is 24.3 Å². The van der Waals surface area contributed by atoms with Crippen LogP contribution < -0.4 is 0 Å². The molecule has 5 heteroatoms. The molecule has 0 spiro atoms. The number of nitrogens with zero attached hydrogens (tertiary/aromatic N) is 1. The van der Waals surface area contributed by atoms with Gasteiger partial charge in [-0.25, -0.2) is 0 Å². The Balaban J connectivity index is 3.02. The zero-order valence-electron chi connectivity index (χ0n) is 7.34. The summed E-state index contributed by atoms with van der Waals surface area (Å²) in [7, 11) is 0. The Hall–Kier alpha value is -1.91. The van der Waals surface area contributed by atoms with Crippen molar-refractivity contribution < 1.29 is 14.8 Å². The van der Waals surface area contributed by atoms with E-state index in [1.807, 2.05) is 0 Å². The van der Waals surface area contributed by atoms with Gasteiger partial charge in [-0.1, -0.05) is 0 Å². The van der Waals surface area contributed by atoms with Gasteiger partial charge in [-0.2, -0.15) is 0 Å². The Bertz CT molecular complexity index is 362. The lowest BCUT2D eigenvalue weighted by molar-refractivity contribution is -0.385. The van der Waals surface area contributed by atoms with Gasteiger partial charge in [0.25, 0.3) is 5.69 Å². The number of aromatic hydroxyl groups is 1. The number of aryl methyl sites for hydroxylation is 1. The molecule has 14 heavy (non-hydrogen) atoms. The first-order chi connectivity index (χ1) is 6.65. The summed E-state index contributed by atoms with van der Waals surface area (Å²) < 4.78 is 0. The Kier molecular flexibility index (Phi) is 3.17. The molecule has 0 bridgehead atoms. The lowest BCUT2D eigenvalue weighted by Crippen LogP contribution is -1.95. The van der Waals surface area contributed by atoms with E-state index in [1.54, 1.807) is 0 Å². The topological polar surface area (TPSA) is 80.4 Å². The lowest BCUT2D eigenvalue weighted by Gasteiger charge is -2.00. The van der Waals surface area contributed by atoms with Crippen molar-refractivity contribution >= 4 is 12.0 Å². The molecular weight excluding hydrogens is 186 g/mol. The van der Waals surface area contributed by atoms with Crippen LogP contribution in [0.25, 0.3) is 0 Å². The van der Waals surface area contributed by atoms with Crippen LogP contribution in [-0.4, -0.2) is 16.3 Å². The molecule has 0 saturated carbocycles. The summed E-state index contributed by atoms with van der Waals surface area (Å²) in [6, 6.07) is 3.79. The molecule has 0 amide bonds. The number of hydrogen-bond donors (Lipinski definition) is 1. The van der Waals surface area contributed by atoms with E-state index in [2.05, 4.69) is 0 Å². The van der Waals surface area contributed by atoms with Crippen LogP contribution >= 0.6 is 0 Å². The van der Waals surface area contributed by atoms with Crippen molar-refractivity contribution in [3.8, 4) is 5.75 Å². The fraction of sp³-hybridized carbons (Fsp3) is 0.222. The van der Waals surface area contributed by atoms with Crippen LogP contribution in [0.1, 0.15) is 12.0 Å². The van der Waals surface area contributed by atoms with Gasteiger partial charge in [-0.15, -0.1) is 0 Å². The predicted octanol–water partition coefficient (Wildman–Crippen LogP) is 1.43. The molecule has 0 fully saturated rings. The molecule has 0 unspecified atom stereocenters. The van der Waals surface area contributed by atoms with Crippen LogP contribution in [0.4, 0.5) is 5.69 Å². The SMILES string of the molecule is O=CCCc1cc(O)ccc1[N+](=O)[O-]. The average molecular weight is 195 g/mol. The van der Waals surface area contributed by atoms with Gasteiger partial charge >= 0.3 is 0 Å². The summed E-state index contributed by atoms with van der Waals surface area (Å²) in [6.07, 6.45) is 1.17. The number of nitro benzene ring substituents is 1. The van der Waals surface area contributed by atoms with Crippen molar-refractivity contribution in [3.05, 3.63) is 33.9 Å². The number of nitro groups is 1. The van der Waals surface area contributed by atoms with E-state index in [1.165, 1.54) is 18.2 Å². The fourth-order valence-electron chi connectivity index (χ4n) is 1.16. The number of benzene rings is 1. The third-order valence-corrected chi connectivity index (χ3v) is 1.79. The molecule has 0 saturated heterocycles. The first kappa shape index (κ1) is 10.2. The maximum Gasteiger partial charge on any atom is 0.272 e. The van der Waals surface area contributed by atoms with Crippen LogP contribution in [0, 0.1) is 10.1 Å². The standard InChI is InChI=1S/C9H9NO4/c11-5-1-2-7-6-8(12)3-4-9(7)10(13)14/h3-6,12H,1-2H2. The summed E-state index contributed by atoms with van der Waals surface area (Å²) in [5.41, 5.74) is 0.312. The van der Waals surface area contributed by atoms with Gasteiger partial charge in [0.2, 0.25) is 0 Å². The summed E-state index contributed by atoms with van der Waals surface area (Å²) in [6.45, 7) is 0. The molecule has 0 radical (unpaired) electrons. The first-order valence-electron chi connectivity index (χ1n) is 4.05. The van der Waals surface area contributed by atoms with Gasteiger partial charge in [0, 0.05) is 18.1 Å². The summed E-state index contributed by atoms with van der Waals surface area (Å²) in [5, 5.41) is 19.6. The summed E-state index contributed by atoms with van der Waals surface area (Å²) >= 11 is 0. The molecular formula is C9H9NO4. The van der Waals surface area contributed by atoms with Crippen LogP contribution in [0.2, 0.25) is 0 Å². The Labute approximate surface area is 80.1 Å².